The van der Waals surface area contributed by atoms with Crippen molar-refractivity contribution >= 4 is 28.9 Å². The molecule has 4 nitrogen and oxygen atoms in total. The van der Waals surface area contributed by atoms with Gasteiger partial charge in [0.1, 0.15) is 5.01 Å². The minimum atomic E-state index is -4.42. The Morgan fingerprint density at radius 2 is 1.85 bits per heavy atom. The molecule has 1 heterocycles. The number of rotatable bonds is 5. The van der Waals surface area contributed by atoms with Gasteiger partial charge in [0.25, 0.3) is 0 Å². The van der Waals surface area contributed by atoms with E-state index in [1.807, 2.05) is 24.3 Å². The molecule has 2 N–H and O–H groups in total. The van der Waals surface area contributed by atoms with Gasteiger partial charge < -0.3 is 10.6 Å². The Morgan fingerprint density at radius 1 is 1.19 bits per heavy atom. The molecule has 9 heteroatoms. The van der Waals surface area contributed by atoms with Crippen LogP contribution in [0.15, 0.2) is 34.6 Å². The van der Waals surface area contributed by atoms with Crippen LogP contribution in [-0.4, -0.2) is 24.5 Å². The van der Waals surface area contributed by atoms with E-state index in [1.165, 1.54) is 0 Å². The first-order valence-electron chi connectivity index (χ1n) is 7.84. The fourth-order valence-electron chi connectivity index (χ4n) is 2.21. The SMILES string of the molecule is CN=C(NCc1nc(C(F)(F)F)cs1)NCC(C)(C)c1ccc(Cl)cc1. The smallest absolute Gasteiger partial charge is 0.356 e. The number of thiazole rings is 1. The number of hydrogen-bond donors (Lipinski definition) is 2. The van der Waals surface area contributed by atoms with E-state index in [4.69, 9.17) is 11.6 Å². The lowest BCUT2D eigenvalue weighted by Crippen LogP contribution is -2.43. The molecular weight excluding hydrogens is 385 g/mol. The Labute approximate surface area is 159 Å². The van der Waals surface area contributed by atoms with Crippen molar-refractivity contribution in [3.8, 4) is 0 Å². The molecule has 0 aliphatic heterocycles. The van der Waals surface area contributed by atoms with Crippen LogP contribution in [0, 0.1) is 0 Å². The molecule has 2 aromatic rings. The van der Waals surface area contributed by atoms with Crippen molar-refractivity contribution < 1.29 is 13.2 Å². The number of aliphatic imine (C=N–C) groups is 1. The summed E-state index contributed by atoms with van der Waals surface area (Å²) >= 11 is 6.88. The van der Waals surface area contributed by atoms with E-state index >= 15 is 0 Å². The fraction of sp³-hybridized carbons (Fsp3) is 0.412. The molecule has 0 atom stereocenters. The summed E-state index contributed by atoms with van der Waals surface area (Å²) < 4.78 is 37.8. The van der Waals surface area contributed by atoms with E-state index in [1.54, 1.807) is 7.05 Å². The van der Waals surface area contributed by atoms with Gasteiger partial charge in [0.05, 0.1) is 6.54 Å². The Hall–Kier alpha value is -1.80. The summed E-state index contributed by atoms with van der Waals surface area (Å²) in [5.41, 5.74) is 0.0537. The van der Waals surface area contributed by atoms with Crippen LogP contribution in [0.2, 0.25) is 5.02 Å². The quantitative estimate of drug-likeness (QED) is 0.571. The van der Waals surface area contributed by atoms with Gasteiger partial charge in [-0.15, -0.1) is 11.3 Å². The number of nitrogens with one attached hydrogen (secondary N) is 2. The Morgan fingerprint density at radius 3 is 2.38 bits per heavy atom. The second kappa shape index (κ2) is 8.26. The number of guanidine groups is 1. The van der Waals surface area contributed by atoms with Crippen molar-refractivity contribution in [2.75, 3.05) is 13.6 Å². The number of aromatic nitrogens is 1. The lowest BCUT2D eigenvalue weighted by molar-refractivity contribution is -0.140. The molecular formula is C17H20ClF3N4S. The van der Waals surface area contributed by atoms with Gasteiger partial charge >= 0.3 is 6.18 Å². The molecule has 1 aromatic carbocycles. The van der Waals surface area contributed by atoms with Crippen molar-refractivity contribution in [1.29, 1.82) is 0 Å². The molecule has 0 saturated carbocycles. The molecule has 0 fully saturated rings. The van der Waals surface area contributed by atoms with Gasteiger partial charge in [0, 0.05) is 29.4 Å². The summed E-state index contributed by atoms with van der Waals surface area (Å²) in [6.45, 7) is 4.90. The number of benzene rings is 1. The van der Waals surface area contributed by atoms with Gasteiger partial charge in [-0.2, -0.15) is 13.2 Å². The lowest BCUT2D eigenvalue weighted by atomic mass is 9.85. The van der Waals surface area contributed by atoms with Gasteiger partial charge in [-0.1, -0.05) is 37.6 Å². The summed E-state index contributed by atoms with van der Waals surface area (Å²) in [6.07, 6.45) is -4.42. The van der Waals surface area contributed by atoms with Crippen LogP contribution < -0.4 is 10.6 Å². The van der Waals surface area contributed by atoms with Crippen LogP contribution in [0.1, 0.15) is 30.1 Å². The summed E-state index contributed by atoms with van der Waals surface area (Å²) in [7, 11) is 1.60. The molecule has 0 unspecified atom stereocenters. The monoisotopic (exact) mass is 404 g/mol. The third-order valence-electron chi connectivity index (χ3n) is 3.80. The Kier molecular flexibility index (Phi) is 6.52. The molecule has 0 amide bonds. The number of hydrogen-bond acceptors (Lipinski definition) is 3. The highest BCUT2D eigenvalue weighted by Crippen LogP contribution is 2.30. The largest absolute Gasteiger partial charge is 0.434 e. The second-order valence-corrected chi connectivity index (χ2v) is 7.67. The molecule has 0 saturated heterocycles. The van der Waals surface area contributed by atoms with Crippen molar-refractivity contribution in [3.05, 3.63) is 50.9 Å². The predicted molar refractivity (Wildman–Crippen MR) is 99.8 cm³/mol. The molecule has 0 radical (unpaired) electrons. The number of alkyl halides is 3. The van der Waals surface area contributed by atoms with Gasteiger partial charge in [-0.05, 0) is 17.7 Å². The molecule has 0 aliphatic carbocycles. The Bertz CT molecular complexity index is 754. The highest BCUT2D eigenvalue weighted by Gasteiger charge is 2.33. The van der Waals surface area contributed by atoms with Crippen LogP contribution in [0.4, 0.5) is 13.2 Å². The zero-order chi connectivity index (χ0) is 19.4. The van der Waals surface area contributed by atoms with E-state index in [9.17, 15) is 13.2 Å². The van der Waals surface area contributed by atoms with E-state index < -0.39 is 11.9 Å². The maximum Gasteiger partial charge on any atom is 0.434 e. The zero-order valence-electron chi connectivity index (χ0n) is 14.6. The van der Waals surface area contributed by atoms with Gasteiger partial charge in [0.15, 0.2) is 11.7 Å². The molecule has 142 valence electrons. The van der Waals surface area contributed by atoms with Crippen LogP contribution in [0.3, 0.4) is 0 Å². The zero-order valence-corrected chi connectivity index (χ0v) is 16.2. The minimum absolute atomic E-state index is 0.168. The third-order valence-corrected chi connectivity index (χ3v) is 4.90. The maximum atomic E-state index is 12.6. The maximum absolute atomic E-state index is 12.6. The summed E-state index contributed by atoms with van der Waals surface area (Å²) in [5, 5.41) is 8.21. The fourth-order valence-corrected chi connectivity index (χ4v) is 3.08. The van der Waals surface area contributed by atoms with Gasteiger partial charge in [-0.3, -0.25) is 4.99 Å². The normalized spacial score (nSPS) is 13.0. The first kappa shape index (κ1) is 20.5. The molecule has 2 rings (SSSR count). The van der Waals surface area contributed by atoms with Crippen molar-refractivity contribution in [2.24, 2.45) is 4.99 Å². The molecule has 0 bridgehead atoms. The van der Waals surface area contributed by atoms with Crippen molar-refractivity contribution in [3.63, 3.8) is 0 Å². The van der Waals surface area contributed by atoms with Crippen LogP contribution >= 0.6 is 22.9 Å². The molecule has 1 aromatic heterocycles. The number of halogens is 4. The molecule has 0 aliphatic rings. The second-order valence-electron chi connectivity index (χ2n) is 6.29. The van der Waals surface area contributed by atoms with Crippen LogP contribution in [-0.2, 0) is 18.1 Å². The van der Waals surface area contributed by atoms with E-state index in [-0.39, 0.29) is 12.0 Å². The van der Waals surface area contributed by atoms with Crippen LogP contribution in [0.5, 0.6) is 0 Å². The molecule has 0 spiro atoms. The number of nitrogens with zero attached hydrogens (tertiary/aromatic N) is 2. The standard InChI is InChI=1S/C17H20ClF3N4S/c1-16(2,11-4-6-12(18)7-5-11)10-24-15(22-3)23-8-14-25-13(9-26-14)17(19,20)21/h4-7,9H,8,10H2,1-3H3,(H2,22,23,24). The Balaban J connectivity index is 1.91. The third kappa shape index (κ3) is 5.60. The topological polar surface area (TPSA) is 49.3 Å². The predicted octanol–water partition coefficient (Wildman–Crippen LogP) is 4.46. The van der Waals surface area contributed by atoms with Gasteiger partial charge in [0.2, 0.25) is 0 Å². The first-order chi connectivity index (χ1) is 12.1. The highest BCUT2D eigenvalue weighted by atomic mass is 35.5. The first-order valence-corrected chi connectivity index (χ1v) is 9.10. The van der Waals surface area contributed by atoms with Crippen molar-refractivity contribution in [2.45, 2.75) is 32.0 Å². The summed E-state index contributed by atoms with van der Waals surface area (Å²) in [6, 6.07) is 7.61. The average Bonchev–Trinajstić information content (AvgIpc) is 3.04. The average molecular weight is 405 g/mol. The van der Waals surface area contributed by atoms with E-state index in [0.717, 1.165) is 22.3 Å². The summed E-state index contributed by atoms with van der Waals surface area (Å²) in [5.74, 6) is 0.496. The van der Waals surface area contributed by atoms with Crippen molar-refractivity contribution in [1.82, 2.24) is 15.6 Å². The van der Waals surface area contributed by atoms with Gasteiger partial charge in [-0.25, -0.2) is 4.98 Å². The lowest BCUT2D eigenvalue weighted by Gasteiger charge is -2.26. The highest BCUT2D eigenvalue weighted by molar-refractivity contribution is 7.09. The summed E-state index contributed by atoms with van der Waals surface area (Å²) in [4.78, 5) is 7.69. The molecule has 26 heavy (non-hydrogen) atoms. The van der Waals surface area contributed by atoms with E-state index in [0.29, 0.717) is 22.5 Å². The van der Waals surface area contributed by atoms with Crippen LogP contribution in [0.25, 0.3) is 0 Å². The minimum Gasteiger partial charge on any atom is -0.356 e. The van der Waals surface area contributed by atoms with E-state index in [2.05, 4.69) is 34.5 Å².